The van der Waals surface area contributed by atoms with Crippen LogP contribution in [0.15, 0.2) is 0 Å². The zero-order valence-corrected chi connectivity index (χ0v) is 19.9. The Bertz CT molecular complexity index is 289. The van der Waals surface area contributed by atoms with Gasteiger partial charge in [-0.05, 0) is 6.26 Å². The van der Waals surface area contributed by atoms with Crippen LogP contribution in [0.1, 0.15) is 0 Å². The van der Waals surface area contributed by atoms with Crippen molar-refractivity contribution in [1.29, 1.82) is 0 Å². The number of hydrogen-bond acceptors (Lipinski definition) is 12. The van der Waals surface area contributed by atoms with E-state index in [0.717, 1.165) is 26.1 Å². The first-order chi connectivity index (χ1) is 12.3. The molecule has 5 nitrogen and oxygen atoms in total. The Balaban J connectivity index is 3.08. The van der Waals surface area contributed by atoms with E-state index in [-0.39, 0.29) is 12.6 Å². The zero-order chi connectivity index (χ0) is 18.4. The Morgan fingerprint density at radius 3 is 2.36 bits per heavy atom. The van der Waals surface area contributed by atoms with Gasteiger partial charge in [-0.2, -0.15) is 11.8 Å². The highest BCUT2D eigenvalue weighted by molar-refractivity contribution is 8.26. The SMILES string of the molecule is CSCSCOC(=O)CSCSCSCSCCOOCSCCO. The summed E-state index contributed by atoms with van der Waals surface area (Å²) in [5.74, 6) is 2.79. The smallest absolute Gasteiger partial charge is 0.316 e. The van der Waals surface area contributed by atoms with Gasteiger partial charge >= 0.3 is 5.97 Å². The summed E-state index contributed by atoms with van der Waals surface area (Å²) in [6.45, 7) is 0.741. The van der Waals surface area contributed by atoms with Gasteiger partial charge in [-0.3, -0.25) is 4.79 Å². The minimum atomic E-state index is -0.126. The molecule has 0 unspecified atom stereocenters. The van der Waals surface area contributed by atoms with Crippen LogP contribution in [0.5, 0.6) is 0 Å². The van der Waals surface area contributed by atoms with E-state index in [1.54, 1.807) is 35.3 Å². The predicted octanol–water partition coefficient (Wildman–Crippen LogP) is 3.98. The fourth-order valence-corrected chi connectivity index (χ4v) is 7.00. The molecule has 25 heavy (non-hydrogen) atoms. The van der Waals surface area contributed by atoms with Gasteiger partial charge in [0.15, 0.2) is 0 Å². The van der Waals surface area contributed by atoms with E-state index < -0.39 is 0 Å². The van der Waals surface area contributed by atoms with Gasteiger partial charge < -0.3 is 9.84 Å². The van der Waals surface area contributed by atoms with E-state index in [1.807, 2.05) is 41.5 Å². The van der Waals surface area contributed by atoms with Gasteiger partial charge in [0.25, 0.3) is 0 Å². The Hall–Kier alpha value is 1.80. The number of esters is 1. The standard InChI is InChI=1S/C13H26O5S7/c1-19-9-23-7-16-13(15)6-22-11-25-12-24-10-21-5-3-17-18-8-20-4-2-14/h14H,2-12H2,1H3. The van der Waals surface area contributed by atoms with Crippen LogP contribution in [-0.4, -0.2) is 80.0 Å². The van der Waals surface area contributed by atoms with E-state index in [2.05, 4.69) is 0 Å². The van der Waals surface area contributed by atoms with Crippen molar-refractivity contribution in [3.63, 3.8) is 0 Å². The van der Waals surface area contributed by atoms with E-state index >= 15 is 0 Å². The summed E-state index contributed by atoms with van der Waals surface area (Å²) >= 11 is 12.0. The quantitative estimate of drug-likeness (QED) is 0.0890. The molecule has 0 atom stereocenters. The van der Waals surface area contributed by atoms with Crippen LogP contribution < -0.4 is 0 Å². The third-order valence-electron chi connectivity index (χ3n) is 1.99. The second kappa shape index (κ2) is 23.8. The van der Waals surface area contributed by atoms with Crippen molar-refractivity contribution in [2.45, 2.75) is 0 Å². The first-order valence-electron chi connectivity index (χ1n) is 7.27. The van der Waals surface area contributed by atoms with Crippen molar-refractivity contribution in [3.05, 3.63) is 0 Å². The van der Waals surface area contributed by atoms with Crippen LogP contribution in [0.2, 0.25) is 0 Å². The maximum atomic E-state index is 11.4. The molecule has 0 saturated carbocycles. The molecule has 0 saturated heterocycles. The largest absolute Gasteiger partial charge is 0.454 e. The highest BCUT2D eigenvalue weighted by atomic mass is 32.2. The lowest BCUT2D eigenvalue weighted by Crippen LogP contribution is -2.07. The Labute approximate surface area is 180 Å². The van der Waals surface area contributed by atoms with Crippen LogP contribution in [0, 0.1) is 0 Å². The van der Waals surface area contributed by atoms with Crippen LogP contribution in [0.3, 0.4) is 0 Å². The molecule has 0 bridgehead atoms. The van der Waals surface area contributed by atoms with Gasteiger partial charge in [0.2, 0.25) is 0 Å². The zero-order valence-electron chi connectivity index (χ0n) is 14.2. The van der Waals surface area contributed by atoms with Crippen molar-refractivity contribution in [1.82, 2.24) is 0 Å². The van der Waals surface area contributed by atoms with Crippen molar-refractivity contribution in [3.8, 4) is 0 Å². The number of aliphatic hydroxyl groups excluding tert-OH is 1. The molecule has 0 aliphatic rings. The van der Waals surface area contributed by atoms with Gasteiger partial charge in [0, 0.05) is 31.8 Å². The van der Waals surface area contributed by atoms with E-state index in [0.29, 0.717) is 30.0 Å². The predicted molar refractivity (Wildman–Crippen MR) is 123 cm³/mol. The minimum absolute atomic E-state index is 0.126. The second-order valence-electron chi connectivity index (χ2n) is 3.95. The molecule has 0 aromatic heterocycles. The molecule has 0 fully saturated rings. The number of aliphatic hydroxyl groups is 1. The summed E-state index contributed by atoms with van der Waals surface area (Å²) < 4.78 is 5.10. The number of ether oxygens (including phenoxy) is 1. The molecule has 0 amide bonds. The lowest BCUT2D eigenvalue weighted by atomic mass is 10.8. The molecular formula is C13H26O5S7. The average Bonchev–Trinajstić information content (AvgIpc) is 2.62. The monoisotopic (exact) mass is 486 g/mol. The average molecular weight is 487 g/mol. The lowest BCUT2D eigenvalue weighted by molar-refractivity contribution is -0.274. The molecule has 0 aromatic rings. The molecule has 1 N–H and O–H groups in total. The third kappa shape index (κ3) is 23.8. The summed E-state index contributed by atoms with van der Waals surface area (Å²) in [7, 11) is 0. The van der Waals surface area contributed by atoms with Crippen molar-refractivity contribution < 1.29 is 24.4 Å². The Morgan fingerprint density at radius 2 is 1.60 bits per heavy atom. The molecule has 12 heteroatoms. The first-order valence-corrected chi connectivity index (χ1v) is 15.6. The van der Waals surface area contributed by atoms with Crippen LogP contribution in [0.4, 0.5) is 0 Å². The van der Waals surface area contributed by atoms with Crippen LogP contribution in [-0.2, 0) is 19.3 Å². The molecule has 0 rings (SSSR count). The molecular weight excluding hydrogens is 461 g/mol. The number of thioether (sulfide) groups is 7. The summed E-state index contributed by atoms with van der Waals surface area (Å²) in [6.07, 6.45) is 2.03. The normalized spacial score (nSPS) is 11.0. The topological polar surface area (TPSA) is 65.0 Å². The van der Waals surface area contributed by atoms with Gasteiger partial charge in [-0.1, -0.05) is 0 Å². The molecule has 0 radical (unpaired) electrons. The number of carbonyl (C=O) groups is 1. The summed E-state index contributed by atoms with van der Waals surface area (Å²) in [4.78, 5) is 21.4. The van der Waals surface area contributed by atoms with Gasteiger partial charge in [0.05, 0.1) is 19.0 Å². The molecule has 0 spiro atoms. The first kappa shape index (κ1) is 26.8. The fourth-order valence-electron chi connectivity index (χ4n) is 1.04. The highest BCUT2D eigenvalue weighted by Crippen LogP contribution is 2.21. The van der Waals surface area contributed by atoms with E-state index in [9.17, 15) is 4.79 Å². The Morgan fingerprint density at radius 1 is 0.840 bits per heavy atom. The van der Waals surface area contributed by atoms with Gasteiger partial charge in [-0.25, -0.2) is 9.78 Å². The maximum absolute atomic E-state index is 11.4. The number of rotatable bonds is 20. The van der Waals surface area contributed by atoms with Crippen LogP contribution in [0.25, 0.3) is 0 Å². The maximum Gasteiger partial charge on any atom is 0.316 e. The fraction of sp³-hybridized carbons (Fsp3) is 0.923. The lowest BCUT2D eigenvalue weighted by Gasteiger charge is -2.05. The minimum Gasteiger partial charge on any atom is -0.454 e. The van der Waals surface area contributed by atoms with Crippen molar-refractivity contribution >= 4 is 88.3 Å². The van der Waals surface area contributed by atoms with E-state index in [1.165, 1.54) is 11.8 Å². The highest BCUT2D eigenvalue weighted by Gasteiger charge is 2.02. The molecule has 0 heterocycles. The molecule has 0 aliphatic heterocycles. The number of carbonyl (C=O) groups excluding carboxylic acids is 1. The van der Waals surface area contributed by atoms with E-state index in [4.69, 9.17) is 19.6 Å². The van der Waals surface area contributed by atoms with Gasteiger partial charge in [-0.15, -0.1) is 70.6 Å². The second-order valence-corrected chi connectivity index (χ2v) is 12.3. The number of hydrogen-bond donors (Lipinski definition) is 1. The Kier molecular flexibility index (Phi) is 25.6. The molecule has 0 aromatic carbocycles. The summed E-state index contributed by atoms with van der Waals surface area (Å²) in [6, 6.07) is 0. The summed E-state index contributed by atoms with van der Waals surface area (Å²) in [5, 5.41) is 12.5. The third-order valence-corrected chi connectivity index (χ3v) is 9.51. The molecule has 150 valence electrons. The van der Waals surface area contributed by atoms with Gasteiger partial charge in [0.1, 0.15) is 11.9 Å². The molecule has 0 aliphatic carbocycles. The summed E-state index contributed by atoms with van der Waals surface area (Å²) in [5.41, 5.74) is 0. The van der Waals surface area contributed by atoms with Crippen LogP contribution >= 0.6 is 82.3 Å². The van der Waals surface area contributed by atoms with Crippen molar-refractivity contribution in [2.24, 2.45) is 0 Å². The van der Waals surface area contributed by atoms with Crippen molar-refractivity contribution in [2.75, 3.05) is 68.9 Å².